The molecule has 1 atom stereocenters. The third-order valence-electron chi connectivity index (χ3n) is 2.15. The first-order chi connectivity index (χ1) is 8.15. The van der Waals surface area contributed by atoms with Gasteiger partial charge in [-0.2, -0.15) is 0 Å². The third kappa shape index (κ3) is 4.72. The van der Waals surface area contributed by atoms with Gasteiger partial charge >= 0.3 is 0 Å². The van der Waals surface area contributed by atoms with Crippen LogP contribution in [-0.2, 0) is 0 Å². The molecular weight excluding hydrogens is 221 g/mol. The second kappa shape index (κ2) is 6.73. The molecule has 0 amide bonds. The van der Waals surface area contributed by atoms with Crippen molar-refractivity contribution in [2.45, 2.75) is 13.0 Å². The zero-order valence-electron chi connectivity index (χ0n) is 10.3. The second-order valence-corrected chi connectivity index (χ2v) is 3.59. The van der Waals surface area contributed by atoms with Crippen molar-refractivity contribution in [3.63, 3.8) is 0 Å². The average Bonchev–Trinajstić information content (AvgIpc) is 2.30. The van der Waals surface area contributed by atoms with Crippen molar-refractivity contribution in [2.75, 3.05) is 20.6 Å². The molecule has 0 saturated heterocycles. The molecule has 17 heavy (non-hydrogen) atoms. The Balaban J connectivity index is 2.42. The van der Waals surface area contributed by atoms with Gasteiger partial charge in [-0.15, -0.1) is 0 Å². The van der Waals surface area contributed by atoms with E-state index in [4.69, 9.17) is 4.74 Å². The van der Waals surface area contributed by atoms with Gasteiger partial charge in [0.15, 0.2) is 5.96 Å². The fourth-order valence-corrected chi connectivity index (χ4v) is 1.33. The number of rotatable bonds is 4. The first kappa shape index (κ1) is 13.3. The highest BCUT2D eigenvalue weighted by Gasteiger charge is 2.05. The molecule has 0 fully saturated rings. The summed E-state index contributed by atoms with van der Waals surface area (Å²) in [5.74, 6) is 0.923. The van der Waals surface area contributed by atoms with Crippen LogP contribution in [0.15, 0.2) is 29.3 Å². The van der Waals surface area contributed by atoms with E-state index in [2.05, 4.69) is 15.6 Å². The van der Waals surface area contributed by atoms with Crippen LogP contribution in [0.2, 0.25) is 0 Å². The molecule has 0 aromatic heterocycles. The van der Waals surface area contributed by atoms with Crippen molar-refractivity contribution in [2.24, 2.45) is 4.99 Å². The standard InChI is InChI=1S/C12H18FN3O/c1-9(8-16-12(14-2)15-3)17-11-6-4-5-10(13)7-11/h4-7,9H,8H2,1-3H3,(H2,14,15,16). The quantitative estimate of drug-likeness (QED) is 0.616. The lowest BCUT2D eigenvalue weighted by atomic mass is 10.3. The molecule has 94 valence electrons. The summed E-state index contributed by atoms with van der Waals surface area (Å²) < 4.78 is 18.5. The number of halogens is 1. The summed E-state index contributed by atoms with van der Waals surface area (Å²) in [5.41, 5.74) is 0. The molecule has 0 aliphatic carbocycles. The topological polar surface area (TPSA) is 45.7 Å². The Morgan fingerprint density at radius 3 is 2.88 bits per heavy atom. The summed E-state index contributed by atoms with van der Waals surface area (Å²) in [6.07, 6.45) is -0.0816. The van der Waals surface area contributed by atoms with Crippen LogP contribution in [0.4, 0.5) is 4.39 Å². The van der Waals surface area contributed by atoms with E-state index < -0.39 is 0 Å². The normalized spacial score (nSPS) is 13.1. The number of guanidine groups is 1. The monoisotopic (exact) mass is 239 g/mol. The number of benzene rings is 1. The summed E-state index contributed by atoms with van der Waals surface area (Å²) in [7, 11) is 3.48. The Kier molecular flexibility index (Phi) is 5.26. The molecule has 1 unspecified atom stereocenters. The SMILES string of the molecule is CN=C(NC)NCC(C)Oc1cccc(F)c1. The largest absolute Gasteiger partial charge is 0.489 e. The maximum atomic E-state index is 12.9. The molecule has 0 spiro atoms. The van der Waals surface area contributed by atoms with Crippen LogP contribution in [0.25, 0.3) is 0 Å². The lowest BCUT2D eigenvalue weighted by Crippen LogP contribution is -2.40. The van der Waals surface area contributed by atoms with Gasteiger partial charge in [0.05, 0.1) is 6.54 Å². The van der Waals surface area contributed by atoms with Crippen molar-refractivity contribution in [3.05, 3.63) is 30.1 Å². The van der Waals surface area contributed by atoms with Gasteiger partial charge in [0.1, 0.15) is 17.7 Å². The molecule has 0 aliphatic heterocycles. The average molecular weight is 239 g/mol. The van der Waals surface area contributed by atoms with Gasteiger partial charge in [-0.3, -0.25) is 4.99 Å². The number of ether oxygens (including phenoxy) is 1. The zero-order chi connectivity index (χ0) is 12.7. The maximum absolute atomic E-state index is 12.9. The highest BCUT2D eigenvalue weighted by Crippen LogP contribution is 2.13. The van der Waals surface area contributed by atoms with Gasteiger partial charge in [-0.1, -0.05) is 6.07 Å². The van der Waals surface area contributed by atoms with Crippen LogP contribution >= 0.6 is 0 Å². The van der Waals surface area contributed by atoms with Crippen molar-refractivity contribution in [1.29, 1.82) is 0 Å². The Morgan fingerprint density at radius 2 is 2.29 bits per heavy atom. The van der Waals surface area contributed by atoms with Crippen molar-refractivity contribution < 1.29 is 9.13 Å². The first-order valence-corrected chi connectivity index (χ1v) is 5.46. The fraction of sp³-hybridized carbons (Fsp3) is 0.417. The third-order valence-corrected chi connectivity index (χ3v) is 2.15. The van der Waals surface area contributed by atoms with Crippen LogP contribution in [0, 0.1) is 5.82 Å². The van der Waals surface area contributed by atoms with Gasteiger partial charge in [0.2, 0.25) is 0 Å². The highest BCUT2D eigenvalue weighted by atomic mass is 19.1. The van der Waals surface area contributed by atoms with E-state index in [1.807, 2.05) is 6.92 Å². The van der Waals surface area contributed by atoms with Crippen LogP contribution in [0.3, 0.4) is 0 Å². The van der Waals surface area contributed by atoms with Gasteiger partial charge in [-0.25, -0.2) is 4.39 Å². The minimum Gasteiger partial charge on any atom is -0.489 e. The van der Waals surface area contributed by atoms with E-state index in [0.29, 0.717) is 18.3 Å². The number of aliphatic imine (C=N–C) groups is 1. The van der Waals surface area contributed by atoms with E-state index in [9.17, 15) is 4.39 Å². The Bertz CT molecular complexity index is 382. The Hall–Kier alpha value is -1.78. The smallest absolute Gasteiger partial charge is 0.190 e. The summed E-state index contributed by atoms with van der Waals surface area (Å²) in [6.45, 7) is 2.49. The molecule has 0 aliphatic rings. The summed E-state index contributed by atoms with van der Waals surface area (Å²) >= 11 is 0. The molecule has 2 N–H and O–H groups in total. The molecule has 0 bridgehead atoms. The molecule has 4 nitrogen and oxygen atoms in total. The second-order valence-electron chi connectivity index (χ2n) is 3.59. The predicted octanol–water partition coefficient (Wildman–Crippen LogP) is 1.39. The van der Waals surface area contributed by atoms with E-state index in [1.165, 1.54) is 12.1 Å². The zero-order valence-corrected chi connectivity index (χ0v) is 10.3. The van der Waals surface area contributed by atoms with E-state index >= 15 is 0 Å². The number of nitrogens with zero attached hydrogens (tertiary/aromatic N) is 1. The lowest BCUT2D eigenvalue weighted by Gasteiger charge is -2.16. The summed E-state index contributed by atoms with van der Waals surface area (Å²) in [5, 5.41) is 5.98. The van der Waals surface area contributed by atoms with Gasteiger partial charge in [0.25, 0.3) is 0 Å². The minimum atomic E-state index is -0.298. The van der Waals surface area contributed by atoms with Gasteiger partial charge in [-0.05, 0) is 19.1 Å². The van der Waals surface area contributed by atoms with E-state index in [1.54, 1.807) is 26.2 Å². The highest BCUT2D eigenvalue weighted by molar-refractivity contribution is 5.79. The van der Waals surface area contributed by atoms with Crippen LogP contribution in [0.5, 0.6) is 5.75 Å². The van der Waals surface area contributed by atoms with Gasteiger partial charge < -0.3 is 15.4 Å². The Morgan fingerprint density at radius 1 is 1.53 bits per heavy atom. The first-order valence-electron chi connectivity index (χ1n) is 5.46. The minimum absolute atomic E-state index is 0.0816. The molecule has 5 heteroatoms. The molecule has 0 saturated carbocycles. The van der Waals surface area contributed by atoms with Crippen LogP contribution in [-0.4, -0.2) is 32.7 Å². The van der Waals surface area contributed by atoms with Crippen molar-refractivity contribution in [3.8, 4) is 5.75 Å². The predicted molar refractivity (Wildman–Crippen MR) is 66.9 cm³/mol. The summed E-state index contributed by atoms with van der Waals surface area (Å²) in [4.78, 5) is 3.98. The summed E-state index contributed by atoms with van der Waals surface area (Å²) in [6, 6.07) is 6.10. The van der Waals surface area contributed by atoms with Crippen LogP contribution in [0.1, 0.15) is 6.92 Å². The molecule has 1 rings (SSSR count). The lowest BCUT2D eigenvalue weighted by molar-refractivity contribution is 0.223. The maximum Gasteiger partial charge on any atom is 0.190 e. The molecule has 1 aromatic rings. The van der Waals surface area contributed by atoms with E-state index in [0.717, 1.165) is 0 Å². The van der Waals surface area contributed by atoms with Gasteiger partial charge in [0, 0.05) is 20.2 Å². The number of hydrogen-bond acceptors (Lipinski definition) is 2. The van der Waals surface area contributed by atoms with Crippen LogP contribution < -0.4 is 15.4 Å². The molecular formula is C12H18FN3O. The number of hydrogen-bond donors (Lipinski definition) is 2. The molecule has 0 heterocycles. The van der Waals surface area contributed by atoms with E-state index in [-0.39, 0.29) is 11.9 Å². The van der Waals surface area contributed by atoms with Crippen molar-refractivity contribution in [1.82, 2.24) is 10.6 Å². The number of nitrogens with one attached hydrogen (secondary N) is 2. The van der Waals surface area contributed by atoms with Crippen molar-refractivity contribution >= 4 is 5.96 Å². The Labute approximate surface area is 101 Å². The molecule has 1 aromatic carbocycles. The molecule has 0 radical (unpaired) electrons. The fourth-order valence-electron chi connectivity index (χ4n) is 1.33.